The Kier molecular flexibility index (Phi) is 6.01. The largest absolute Gasteiger partial charge is 0.339 e. The summed E-state index contributed by atoms with van der Waals surface area (Å²) in [5, 5.41) is 6.04. The number of aryl methyl sites for hydroxylation is 1. The molecule has 0 N–H and O–H groups in total. The van der Waals surface area contributed by atoms with Crippen LogP contribution in [0.4, 0.5) is 0 Å². The highest BCUT2D eigenvalue weighted by Gasteiger charge is 2.26. The van der Waals surface area contributed by atoms with Crippen LogP contribution in [0.2, 0.25) is 0 Å². The van der Waals surface area contributed by atoms with Crippen LogP contribution in [0.3, 0.4) is 0 Å². The molecule has 0 atom stereocenters. The van der Waals surface area contributed by atoms with E-state index in [2.05, 4.69) is 15.0 Å². The fourth-order valence-corrected chi connectivity index (χ4v) is 4.32. The maximum absolute atomic E-state index is 12.4. The first kappa shape index (κ1) is 19.1. The van der Waals surface area contributed by atoms with E-state index in [1.54, 1.807) is 16.2 Å². The minimum Gasteiger partial charge on any atom is -0.339 e. The highest BCUT2D eigenvalue weighted by molar-refractivity contribution is 7.13. The molecular weight excluding hydrogens is 378 g/mol. The van der Waals surface area contributed by atoms with E-state index < -0.39 is 0 Å². The van der Waals surface area contributed by atoms with E-state index in [1.165, 1.54) is 0 Å². The van der Waals surface area contributed by atoms with Crippen molar-refractivity contribution in [2.75, 3.05) is 45.8 Å². The zero-order valence-corrected chi connectivity index (χ0v) is 16.7. The van der Waals surface area contributed by atoms with Crippen LogP contribution in [-0.2, 0) is 16.0 Å². The summed E-state index contributed by atoms with van der Waals surface area (Å²) >= 11 is 1.60. The molecule has 2 aliphatic heterocycles. The van der Waals surface area contributed by atoms with Crippen LogP contribution in [0.15, 0.2) is 22.0 Å². The van der Waals surface area contributed by atoms with Crippen molar-refractivity contribution in [2.24, 2.45) is 0 Å². The van der Waals surface area contributed by atoms with Crippen molar-refractivity contribution in [2.45, 2.75) is 25.7 Å². The van der Waals surface area contributed by atoms with Crippen LogP contribution in [0.25, 0.3) is 10.7 Å². The third-order valence-electron chi connectivity index (χ3n) is 5.30. The van der Waals surface area contributed by atoms with Crippen LogP contribution in [0.1, 0.15) is 25.2 Å². The molecule has 0 spiro atoms. The van der Waals surface area contributed by atoms with Crippen molar-refractivity contribution in [1.82, 2.24) is 24.8 Å². The second-order valence-electron chi connectivity index (χ2n) is 7.23. The van der Waals surface area contributed by atoms with Gasteiger partial charge in [-0.15, -0.1) is 11.3 Å². The van der Waals surface area contributed by atoms with Crippen molar-refractivity contribution in [1.29, 1.82) is 0 Å². The monoisotopic (exact) mass is 403 g/mol. The zero-order chi connectivity index (χ0) is 19.3. The zero-order valence-electron chi connectivity index (χ0n) is 15.9. The number of thiophene rings is 1. The lowest BCUT2D eigenvalue weighted by molar-refractivity contribution is -0.139. The lowest BCUT2D eigenvalue weighted by atomic mass is 10.2. The molecule has 8 nitrogen and oxygen atoms in total. The van der Waals surface area contributed by atoms with Crippen molar-refractivity contribution in [3.8, 4) is 10.7 Å². The van der Waals surface area contributed by atoms with Gasteiger partial charge in [0.1, 0.15) is 0 Å². The van der Waals surface area contributed by atoms with E-state index in [-0.39, 0.29) is 18.4 Å². The van der Waals surface area contributed by atoms with E-state index in [4.69, 9.17) is 4.52 Å². The Hall–Kier alpha value is -2.26. The molecular formula is C19H25N5O3S. The average molecular weight is 404 g/mol. The predicted octanol–water partition coefficient (Wildman–Crippen LogP) is 1.50. The van der Waals surface area contributed by atoms with Crippen molar-refractivity contribution in [3.05, 3.63) is 23.4 Å². The Morgan fingerprint density at radius 3 is 2.79 bits per heavy atom. The summed E-state index contributed by atoms with van der Waals surface area (Å²) in [5.41, 5.74) is 0. The van der Waals surface area contributed by atoms with Gasteiger partial charge in [-0.05, 0) is 30.8 Å². The van der Waals surface area contributed by atoms with Gasteiger partial charge in [0, 0.05) is 45.6 Å². The summed E-state index contributed by atoms with van der Waals surface area (Å²) in [7, 11) is 0. The summed E-state index contributed by atoms with van der Waals surface area (Å²) in [6, 6.07) is 3.96. The predicted molar refractivity (Wildman–Crippen MR) is 105 cm³/mol. The summed E-state index contributed by atoms with van der Waals surface area (Å²) in [6.07, 6.45) is 3.15. The van der Waals surface area contributed by atoms with Crippen LogP contribution in [0.5, 0.6) is 0 Å². The molecule has 2 aromatic rings. The molecule has 2 amide bonds. The number of piperazine rings is 1. The lowest BCUT2D eigenvalue weighted by Gasteiger charge is -2.35. The van der Waals surface area contributed by atoms with Gasteiger partial charge in [-0.1, -0.05) is 11.2 Å². The molecule has 0 aliphatic carbocycles. The Morgan fingerprint density at radius 2 is 2.07 bits per heavy atom. The molecule has 0 aromatic carbocycles. The van der Waals surface area contributed by atoms with Gasteiger partial charge in [-0.2, -0.15) is 4.98 Å². The molecule has 2 fully saturated rings. The third kappa shape index (κ3) is 4.59. The molecule has 2 aromatic heterocycles. The Labute approximate surface area is 168 Å². The Bertz CT molecular complexity index is 798. The van der Waals surface area contributed by atoms with Crippen molar-refractivity contribution >= 4 is 23.2 Å². The summed E-state index contributed by atoms with van der Waals surface area (Å²) in [5.74, 6) is 1.51. The van der Waals surface area contributed by atoms with Crippen LogP contribution >= 0.6 is 11.3 Å². The van der Waals surface area contributed by atoms with E-state index in [0.29, 0.717) is 24.7 Å². The first-order chi connectivity index (χ1) is 13.7. The quantitative estimate of drug-likeness (QED) is 0.697. The molecule has 150 valence electrons. The number of carbonyl (C=O) groups excluding carboxylic acids is 2. The number of aromatic nitrogens is 2. The number of hydrogen-bond acceptors (Lipinski definition) is 7. The topological polar surface area (TPSA) is 82.8 Å². The molecule has 2 aliphatic rings. The molecule has 0 bridgehead atoms. The minimum absolute atomic E-state index is 0.0712. The minimum atomic E-state index is 0.0712. The molecule has 28 heavy (non-hydrogen) atoms. The smallest absolute Gasteiger partial charge is 0.242 e. The van der Waals surface area contributed by atoms with Gasteiger partial charge in [0.05, 0.1) is 11.4 Å². The first-order valence-electron chi connectivity index (χ1n) is 9.83. The standard InChI is InChI=1S/C19H25N5O3S/c25-17-6-2-8-24(17)14-18(26)23-11-9-22(10-12-23)7-1-5-16-20-19(21-27-16)15-4-3-13-28-15/h3-4,13H,1-2,5-12,14H2. The van der Waals surface area contributed by atoms with E-state index in [0.717, 1.165) is 56.9 Å². The maximum Gasteiger partial charge on any atom is 0.242 e. The number of amides is 2. The fraction of sp³-hybridized carbons (Fsp3) is 0.579. The van der Waals surface area contributed by atoms with Crippen LogP contribution in [0, 0.1) is 0 Å². The van der Waals surface area contributed by atoms with E-state index >= 15 is 0 Å². The molecule has 4 heterocycles. The van der Waals surface area contributed by atoms with Gasteiger partial charge in [-0.3, -0.25) is 14.5 Å². The Balaban J connectivity index is 1.16. The molecule has 4 rings (SSSR count). The number of likely N-dealkylation sites (tertiary alicyclic amines) is 1. The highest BCUT2D eigenvalue weighted by atomic mass is 32.1. The molecule has 0 radical (unpaired) electrons. The molecule has 9 heteroatoms. The number of carbonyl (C=O) groups is 2. The van der Waals surface area contributed by atoms with Gasteiger partial charge >= 0.3 is 0 Å². The van der Waals surface area contributed by atoms with Gasteiger partial charge in [0.2, 0.25) is 23.5 Å². The lowest BCUT2D eigenvalue weighted by Crippen LogP contribution is -2.51. The normalized spacial score (nSPS) is 18.2. The number of nitrogens with zero attached hydrogens (tertiary/aromatic N) is 5. The number of rotatable bonds is 7. The maximum atomic E-state index is 12.4. The highest BCUT2D eigenvalue weighted by Crippen LogP contribution is 2.21. The van der Waals surface area contributed by atoms with E-state index in [9.17, 15) is 9.59 Å². The summed E-state index contributed by atoms with van der Waals surface area (Å²) in [4.78, 5) is 35.5. The van der Waals surface area contributed by atoms with Crippen LogP contribution < -0.4 is 0 Å². The van der Waals surface area contributed by atoms with Crippen molar-refractivity contribution < 1.29 is 14.1 Å². The molecule has 0 saturated carbocycles. The summed E-state index contributed by atoms with van der Waals surface area (Å²) in [6.45, 7) is 5.09. The third-order valence-corrected chi connectivity index (χ3v) is 6.16. The summed E-state index contributed by atoms with van der Waals surface area (Å²) < 4.78 is 5.34. The van der Waals surface area contributed by atoms with Gasteiger partial charge in [-0.25, -0.2) is 0 Å². The Morgan fingerprint density at radius 1 is 1.21 bits per heavy atom. The molecule has 0 unspecified atom stereocenters. The van der Waals surface area contributed by atoms with Crippen LogP contribution in [-0.4, -0.2) is 82.5 Å². The van der Waals surface area contributed by atoms with Gasteiger partial charge in [0.15, 0.2) is 0 Å². The average Bonchev–Trinajstić information content (AvgIpc) is 3.45. The second kappa shape index (κ2) is 8.83. The second-order valence-corrected chi connectivity index (χ2v) is 8.18. The van der Waals surface area contributed by atoms with E-state index in [1.807, 2.05) is 22.4 Å². The van der Waals surface area contributed by atoms with Gasteiger partial charge < -0.3 is 14.3 Å². The molecule has 2 saturated heterocycles. The SMILES string of the molecule is O=C(CN1CCCC1=O)N1CCN(CCCc2nc(-c3cccs3)no2)CC1. The van der Waals surface area contributed by atoms with Gasteiger partial charge in [0.25, 0.3) is 0 Å². The fourth-order valence-electron chi connectivity index (χ4n) is 3.67. The number of hydrogen-bond donors (Lipinski definition) is 0. The van der Waals surface area contributed by atoms with Crippen molar-refractivity contribution in [3.63, 3.8) is 0 Å². The first-order valence-corrected chi connectivity index (χ1v) is 10.7.